The lowest BCUT2D eigenvalue weighted by atomic mass is 9.89. The highest BCUT2D eigenvalue weighted by Crippen LogP contribution is 2.36. The molecule has 0 amide bonds. The van der Waals surface area contributed by atoms with E-state index in [0.29, 0.717) is 12.5 Å². The number of furan rings is 1. The average Bonchev–Trinajstić information content (AvgIpc) is 3.42. The smallest absolute Gasteiger partial charge is 0.263 e. The standard InChI is InChI=1S/C21H24N2O3S2/c1-13-6-7-16-17(10-13)28-19-18(16)20(24)23(11-14-4-2-8-25-14)21(22-19)27-12-15-5-3-9-26-15/h2,4,8,13,15H,3,5-7,9-12H2,1H3/t13-,15+/m0/s1. The lowest BCUT2D eigenvalue weighted by Crippen LogP contribution is -2.25. The van der Waals surface area contributed by atoms with Crippen LogP contribution < -0.4 is 5.56 Å². The lowest BCUT2D eigenvalue weighted by Gasteiger charge is -2.17. The highest BCUT2D eigenvalue weighted by molar-refractivity contribution is 7.99. The molecule has 1 saturated heterocycles. The number of thiophene rings is 1. The van der Waals surface area contributed by atoms with Gasteiger partial charge in [0.05, 0.1) is 24.3 Å². The van der Waals surface area contributed by atoms with Crippen molar-refractivity contribution in [1.82, 2.24) is 9.55 Å². The van der Waals surface area contributed by atoms with Crippen LogP contribution in [0.5, 0.6) is 0 Å². The Morgan fingerprint density at radius 3 is 3.11 bits per heavy atom. The molecule has 1 aliphatic carbocycles. The van der Waals surface area contributed by atoms with Crippen LogP contribution in [0.15, 0.2) is 32.8 Å². The summed E-state index contributed by atoms with van der Waals surface area (Å²) >= 11 is 3.35. The van der Waals surface area contributed by atoms with Gasteiger partial charge in [-0.15, -0.1) is 11.3 Å². The third-order valence-electron chi connectivity index (χ3n) is 5.70. The van der Waals surface area contributed by atoms with Crippen molar-refractivity contribution >= 4 is 33.3 Å². The van der Waals surface area contributed by atoms with Crippen molar-refractivity contribution in [3.05, 3.63) is 45.0 Å². The molecule has 2 atom stereocenters. The summed E-state index contributed by atoms with van der Waals surface area (Å²) in [6.07, 6.45) is 7.30. The largest absolute Gasteiger partial charge is 0.467 e. The molecule has 1 fully saturated rings. The van der Waals surface area contributed by atoms with Gasteiger partial charge in [0, 0.05) is 17.2 Å². The van der Waals surface area contributed by atoms with Crippen molar-refractivity contribution in [3.63, 3.8) is 0 Å². The van der Waals surface area contributed by atoms with Crippen molar-refractivity contribution in [2.24, 2.45) is 5.92 Å². The second kappa shape index (κ2) is 7.69. The Morgan fingerprint density at radius 2 is 2.32 bits per heavy atom. The molecule has 5 nitrogen and oxygen atoms in total. The van der Waals surface area contributed by atoms with Crippen molar-refractivity contribution in [3.8, 4) is 0 Å². The summed E-state index contributed by atoms with van der Waals surface area (Å²) in [5.41, 5.74) is 1.31. The van der Waals surface area contributed by atoms with Crippen molar-refractivity contribution in [1.29, 1.82) is 0 Å². The molecular weight excluding hydrogens is 392 g/mol. The van der Waals surface area contributed by atoms with Crippen LogP contribution in [0, 0.1) is 5.92 Å². The summed E-state index contributed by atoms with van der Waals surface area (Å²) in [6.45, 7) is 3.55. The summed E-state index contributed by atoms with van der Waals surface area (Å²) < 4.78 is 13.1. The van der Waals surface area contributed by atoms with Gasteiger partial charge in [-0.05, 0) is 55.7 Å². The third kappa shape index (κ3) is 3.44. The first kappa shape index (κ1) is 18.5. The number of thioether (sulfide) groups is 1. The molecule has 3 aromatic heterocycles. The Bertz CT molecular complexity index is 1030. The molecule has 3 aromatic rings. The second-order valence-corrected chi connectivity index (χ2v) is 9.91. The molecule has 5 rings (SSSR count). The molecule has 0 aromatic carbocycles. The summed E-state index contributed by atoms with van der Waals surface area (Å²) in [5, 5.41) is 1.61. The second-order valence-electron chi connectivity index (χ2n) is 7.84. The van der Waals surface area contributed by atoms with Crippen LogP contribution in [0.4, 0.5) is 0 Å². The van der Waals surface area contributed by atoms with Gasteiger partial charge in [0.1, 0.15) is 10.6 Å². The Hall–Kier alpha value is -1.57. The van der Waals surface area contributed by atoms with Crippen LogP contribution in [-0.4, -0.2) is 28.0 Å². The average molecular weight is 417 g/mol. The van der Waals surface area contributed by atoms with Crippen LogP contribution in [-0.2, 0) is 24.1 Å². The lowest BCUT2D eigenvalue weighted by molar-refractivity contribution is 0.129. The summed E-state index contributed by atoms with van der Waals surface area (Å²) in [4.78, 5) is 20.7. The van der Waals surface area contributed by atoms with Gasteiger partial charge in [-0.25, -0.2) is 4.98 Å². The molecular formula is C21H24N2O3S2. The van der Waals surface area contributed by atoms with Gasteiger partial charge in [-0.2, -0.15) is 0 Å². The predicted molar refractivity (Wildman–Crippen MR) is 113 cm³/mol. The summed E-state index contributed by atoms with van der Waals surface area (Å²) in [7, 11) is 0. The fourth-order valence-electron chi connectivity index (χ4n) is 4.16. The van der Waals surface area contributed by atoms with E-state index in [1.807, 2.05) is 12.1 Å². The van der Waals surface area contributed by atoms with Crippen LogP contribution in [0.3, 0.4) is 0 Å². The third-order valence-corrected chi connectivity index (χ3v) is 7.95. The van der Waals surface area contributed by atoms with Gasteiger partial charge in [0.15, 0.2) is 5.16 Å². The van der Waals surface area contributed by atoms with E-state index in [1.54, 1.807) is 33.9 Å². The Kier molecular flexibility index (Phi) is 5.07. The Balaban J connectivity index is 1.58. The van der Waals surface area contributed by atoms with Gasteiger partial charge >= 0.3 is 0 Å². The zero-order valence-electron chi connectivity index (χ0n) is 16.0. The zero-order valence-corrected chi connectivity index (χ0v) is 17.6. The van der Waals surface area contributed by atoms with Crippen LogP contribution >= 0.6 is 23.1 Å². The molecule has 0 unspecified atom stereocenters. The molecule has 0 radical (unpaired) electrons. The molecule has 0 bridgehead atoms. The first-order valence-corrected chi connectivity index (χ1v) is 11.8. The van der Waals surface area contributed by atoms with Crippen LogP contribution in [0.25, 0.3) is 10.2 Å². The van der Waals surface area contributed by atoms with Gasteiger partial charge < -0.3 is 9.15 Å². The van der Waals surface area contributed by atoms with Crippen LogP contribution in [0.1, 0.15) is 42.4 Å². The van der Waals surface area contributed by atoms with Gasteiger partial charge in [-0.1, -0.05) is 18.7 Å². The molecule has 2 aliphatic rings. The number of aryl methyl sites for hydroxylation is 1. The fraction of sp³-hybridized carbons (Fsp3) is 0.524. The van der Waals surface area contributed by atoms with E-state index in [2.05, 4.69) is 6.92 Å². The number of ether oxygens (including phenoxy) is 1. The minimum Gasteiger partial charge on any atom is -0.467 e. The monoisotopic (exact) mass is 416 g/mol. The molecule has 0 N–H and O–H groups in total. The quantitative estimate of drug-likeness (QED) is 0.453. The SMILES string of the molecule is C[C@H]1CCc2c(sc3nc(SC[C@H]4CCCO4)n(Cc4ccco4)c(=O)c23)C1. The molecule has 1 aliphatic heterocycles. The highest BCUT2D eigenvalue weighted by atomic mass is 32.2. The van der Waals surface area contributed by atoms with E-state index in [1.165, 1.54) is 10.4 Å². The van der Waals surface area contributed by atoms with E-state index in [0.717, 1.165) is 65.6 Å². The number of rotatable bonds is 5. The summed E-state index contributed by atoms with van der Waals surface area (Å²) in [5.74, 6) is 2.29. The molecule has 0 spiro atoms. The van der Waals surface area contributed by atoms with E-state index < -0.39 is 0 Å². The van der Waals surface area contributed by atoms with E-state index >= 15 is 0 Å². The van der Waals surface area contributed by atoms with Crippen molar-refractivity contribution in [2.45, 2.75) is 56.8 Å². The molecule has 148 valence electrons. The molecule has 7 heteroatoms. The first-order chi connectivity index (χ1) is 13.7. The maximum absolute atomic E-state index is 13.5. The minimum absolute atomic E-state index is 0.0725. The summed E-state index contributed by atoms with van der Waals surface area (Å²) in [6, 6.07) is 3.77. The maximum Gasteiger partial charge on any atom is 0.263 e. The Morgan fingerprint density at radius 1 is 1.39 bits per heavy atom. The van der Waals surface area contributed by atoms with Crippen molar-refractivity contribution < 1.29 is 9.15 Å². The molecule has 28 heavy (non-hydrogen) atoms. The number of nitrogens with zero attached hydrogens (tertiary/aromatic N) is 2. The van der Waals surface area contributed by atoms with E-state index in [4.69, 9.17) is 14.1 Å². The zero-order chi connectivity index (χ0) is 19.1. The normalized spacial score (nSPS) is 22.0. The minimum atomic E-state index is 0.0725. The molecule has 4 heterocycles. The van der Waals surface area contributed by atoms with E-state index in [9.17, 15) is 4.79 Å². The van der Waals surface area contributed by atoms with Gasteiger partial charge in [-0.3, -0.25) is 9.36 Å². The van der Waals surface area contributed by atoms with Gasteiger partial charge in [0.25, 0.3) is 5.56 Å². The number of fused-ring (bicyclic) bond motifs is 3. The van der Waals surface area contributed by atoms with Gasteiger partial charge in [0.2, 0.25) is 0 Å². The number of hydrogen-bond donors (Lipinski definition) is 0. The fourth-order valence-corrected chi connectivity index (χ4v) is 6.64. The predicted octanol–water partition coefficient (Wildman–Crippen LogP) is 4.50. The first-order valence-electron chi connectivity index (χ1n) is 10.0. The molecule has 0 saturated carbocycles. The van der Waals surface area contributed by atoms with Crippen molar-refractivity contribution in [2.75, 3.05) is 12.4 Å². The highest BCUT2D eigenvalue weighted by Gasteiger charge is 2.25. The number of hydrogen-bond acceptors (Lipinski definition) is 6. The topological polar surface area (TPSA) is 57.3 Å². The number of aromatic nitrogens is 2. The van der Waals surface area contributed by atoms with Crippen LogP contribution in [0.2, 0.25) is 0 Å². The van der Waals surface area contributed by atoms with E-state index in [-0.39, 0.29) is 11.7 Å². The maximum atomic E-state index is 13.5. The Labute approximate surface area is 172 Å².